The van der Waals surface area contributed by atoms with Gasteiger partial charge in [0.15, 0.2) is 0 Å². The predicted molar refractivity (Wildman–Crippen MR) is 78.3 cm³/mol. The van der Waals surface area contributed by atoms with Crippen LogP contribution in [0, 0.1) is 5.92 Å². The highest BCUT2D eigenvalue weighted by Crippen LogP contribution is 2.12. The molecule has 1 rings (SSSR count). The minimum atomic E-state index is 0.0189. The molecule has 0 aliphatic carbocycles. The smallest absolute Gasteiger partial charge is 0.226 e. The third kappa shape index (κ3) is 4.78. The van der Waals surface area contributed by atoms with Gasteiger partial charge in [-0.2, -0.15) is 0 Å². The maximum Gasteiger partial charge on any atom is 0.226 e. The molecule has 0 aliphatic rings. The summed E-state index contributed by atoms with van der Waals surface area (Å²) in [5, 5.41) is 3.20. The maximum atomic E-state index is 12.1. The Morgan fingerprint density at radius 2 is 2.00 bits per heavy atom. The normalized spacial score (nSPS) is 12.2. The van der Waals surface area contributed by atoms with E-state index in [1.54, 1.807) is 4.90 Å². The highest BCUT2D eigenvalue weighted by Gasteiger charge is 2.16. The number of hydrogen-bond donors (Lipinski definition) is 1. The second kappa shape index (κ2) is 7.54. The lowest BCUT2D eigenvalue weighted by molar-refractivity contribution is -0.134. The van der Waals surface area contributed by atoms with E-state index in [4.69, 9.17) is 0 Å². The Morgan fingerprint density at radius 1 is 1.39 bits per heavy atom. The maximum absolute atomic E-state index is 12.1. The Balaban J connectivity index is 2.51. The van der Waals surface area contributed by atoms with Gasteiger partial charge in [0, 0.05) is 30.5 Å². The molecule has 3 nitrogen and oxygen atoms in total. The molecule has 100 valence electrons. The lowest BCUT2D eigenvalue weighted by atomic mass is 10.1. The second-order valence-corrected chi connectivity index (χ2v) is 5.45. The molecule has 0 aromatic heterocycles. The van der Waals surface area contributed by atoms with E-state index >= 15 is 0 Å². The third-order valence-electron chi connectivity index (χ3n) is 2.83. The predicted octanol–water partition coefficient (Wildman–Crippen LogP) is 2.65. The van der Waals surface area contributed by atoms with Crippen molar-refractivity contribution in [3.63, 3.8) is 0 Å². The summed E-state index contributed by atoms with van der Waals surface area (Å²) in [6.45, 7) is 6.29. The van der Waals surface area contributed by atoms with Gasteiger partial charge in [-0.1, -0.05) is 41.9 Å². The number of hydrogen-bond acceptors (Lipinski definition) is 2. The van der Waals surface area contributed by atoms with Gasteiger partial charge >= 0.3 is 0 Å². The first-order valence-corrected chi connectivity index (χ1v) is 7.04. The molecule has 1 amide bonds. The Morgan fingerprint density at radius 3 is 2.56 bits per heavy atom. The number of benzene rings is 1. The van der Waals surface area contributed by atoms with Crippen molar-refractivity contribution in [3.05, 3.63) is 34.3 Å². The van der Waals surface area contributed by atoms with Crippen LogP contribution >= 0.6 is 15.9 Å². The van der Waals surface area contributed by atoms with Crippen molar-refractivity contribution in [2.45, 2.75) is 20.4 Å². The molecule has 0 fully saturated rings. The van der Waals surface area contributed by atoms with Crippen LogP contribution in [-0.2, 0) is 11.3 Å². The SMILES string of the molecule is CCNCC(C)C(=O)N(C)Cc1ccc(Br)cc1. The quantitative estimate of drug-likeness (QED) is 0.876. The summed E-state index contributed by atoms with van der Waals surface area (Å²) in [5.41, 5.74) is 1.14. The molecule has 0 aliphatic heterocycles. The minimum Gasteiger partial charge on any atom is -0.341 e. The first-order valence-electron chi connectivity index (χ1n) is 6.24. The van der Waals surface area contributed by atoms with Gasteiger partial charge in [-0.3, -0.25) is 4.79 Å². The summed E-state index contributed by atoms with van der Waals surface area (Å²) in [5.74, 6) is 0.198. The average molecular weight is 313 g/mol. The van der Waals surface area contributed by atoms with Gasteiger partial charge in [-0.15, -0.1) is 0 Å². The zero-order valence-corrected chi connectivity index (χ0v) is 12.8. The van der Waals surface area contributed by atoms with E-state index in [2.05, 4.69) is 21.2 Å². The van der Waals surface area contributed by atoms with Crippen molar-refractivity contribution >= 4 is 21.8 Å². The molecule has 18 heavy (non-hydrogen) atoms. The van der Waals surface area contributed by atoms with E-state index in [9.17, 15) is 4.79 Å². The van der Waals surface area contributed by atoms with Crippen LogP contribution in [0.5, 0.6) is 0 Å². The molecule has 0 bridgehead atoms. The van der Waals surface area contributed by atoms with Gasteiger partial charge in [-0.05, 0) is 24.2 Å². The van der Waals surface area contributed by atoms with E-state index in [1.807, 2.05) is 45.2 Å². The van der Waals surface area contributed by atoms with Crippen molar-refractivity contribution in [1.82, 2.24) is 10.2 Å². The van der Waals surface area contributed by atoms with Crippen LogP contribution in [0.25, 0.3) is 0 Å². The zero-order chi connectivity index (χ0) is 13.5. The third-order valence-corrected chi connectivity index (χ3v) is 3.36. The van der Waals surface area contributed by atoms with E-state index in [-0.39, 0.29) is 11.8 Å². The van der Waals surface area contributed by atoms with Gasteiger partial charge in [0.05, 0.1) is 0 Å². The minimum absolute atomic E-state index is 0.0189. The summed E-state index contributed by atoms with van der Waals surface area (Å²) in [7, 11) is 1.85. The van der Waals surface area contributed by atoms with E-state index in [0.29, 0.717) is 6.54 Å². The molecule has 0 saturated heterocycles. The lowest BCUT2D eigenvalue weighted by Gasteiger charge is -2.21. The molecule has 1 N–H and O–H groups in total. The van der Waals surface area contributed by atoms with Crippen LogP contribution in [0.4, 0.5) is 0 Å². The fraction of sp³-hybridized carbons (Fsp3) is 0.500. The lowest BCUT2D eigenvalue weighted by Crippen LogP contribution is -2.36. The molecule has 1 aromatic carbocycles. The number of nitrogens with zero attached hydrogens (tertiary/aromatic N) is 1. The zero-order valence-electron chi connectivity index (χ0n) is 11.2. The standard InChI is InChI=1S/C14H21BrN2O/c1-4-16-9-11(2)14(18)17(3)10-12-5-7-13(15)8-6-12/h5-8,11,16H,4,9-10H2,1-3H3. The molecule has 0 heterocycles. The van der Waals surface area contributed by atoms with Crippen molar-refractivity contribution in [2.24, 2.45) is 5.92 Å². The fourth-order valence-electron chi connectivity index (χ4n) is 1.77. The van der Waals surface area contributed by atoms with E-state index < -0.39 is 0 Å². The Hall–Kier alpha value is -0.870. The summed E-state index contributed by atoms with van der Waals surface area (Å²) in [6.07, 6.45) is 0. The molecule has 0 radical (unpaired) electrons. The Bertz CT molecular complexity index is 378. The van der Waals surface area contributed by atoms with E-state index in [0.717, 1.165) is 23.1 Å². The highest BCUT2D eigenvalue weighted by atomic mass is 79.9. The van der Waals surface area contributed by atoms with Crippen molar-refractivity contribution < 1.29 is 4.79 Å². The Labute approximate surface area is 118 Å². The van der Waals surface area contributed by atoms with Crippen LogP contribution in [-0.4, -0.2) is 30.9 Å². The first kappa shape index (κ1) is 15.2. The summed E-state index contributed by atoms with van der Waals surface area (Å²) < 4.78 is 1.06. The molecular weight excluding hydrogens is 292 g/mol. The summed E-state index contributed by atoms with van der Waals surface area (Å²) in [4.78, 5) is 13.9. The summed E-state index contributed by atoms with van der Waals surface area (Å²) in [6, 6.07) is 8.05. The number of carbonyl (C=O) groups is 1. The van der Waals surface area contributed by atoms with Crippen LogP contribution < -0.4 is 5.32 Å². The van der Waals surface area contributed by atoms with Crippen molar-refractivity contribution in [1.29, 1.82) is 0 Å². The molecule has 1 atom stereocenters. The number of nitrogens with one attached hydrogen (secondary N) is 1. The summed E-state index contributed by atoms with van der Waals surface area (Å²) >= 11 is 3.40. The van der Waals surface area contributed by atoms with Gasteiger partial charge in [0.2, 0.25) is 5.91 Å². The number of carbonyl (C=O) groups excluding carboxylic acids is 1. The molecule has 4 heteroatoms. The molecule has 0 saturated carbocycles. The topological polar surface area (TPSA) is 32.3 Å². The number of halogens is 1. The van der Waals surface area contributed by atoms with Crippen LogP contribution in [0.3, 0.4) is 0 Å². The molecule has 0 spiro atoms. The van der Waals surface area contributed by atoms with Crippen molar-refractivity contribution in [3.8, 4) is 0 Å². The highest BCUT2D eigenvalue weighted by molar-refractivity contribution is 9.10. The second-order valence-electron chi connectivity index (χ2n) is 4.53. The van der Waals surface area contributed by atoms with Gasteiger partial charge in [-0.25, -0.2) is 0 Å². The molecule has 1 unspecified atom stereocenters. The van der Waals surface area contributed by atoms with Gasteiger partial charge < -0.3 is 10.2 Å². The van der Waals surface area contributed by atoms with Crippen molar-refractivity contribution in [2.75, 3.05) is 20.1 Å². The Kier molecular flexibility index (Phi) is 6.36. The van der Waals surface area contributed by atoms with Crippen LogP contribution in [0.2, 0.25) is 0 Å². The van der Waals surface area contributed by atoms with Gasteiger partial charge in [0.25, 0.3) is 0 Å². The van der Waals surface area contributed by atoms with Gasteiger partial charge in [0.1, 0.15) is 0 Å². The molecular formula is C14H21BrN2O. The largest absolute Gasteiger partial charge is 0.341 e. The van der Waals surface area contributed by atoms with Crippen LogP contribution in [0.1, 0.15) is 19.4 Å². The monoisotopic (exact) mass is 312 g/mol. The van der Waals surface area contributed by atoms with E-state index in [1.165, 1.54) is 0 Å². The van der Waals surface area contributed by atoms with Crippen LogP contribution in [0.15, 0.2) is 28.7 Å². The molecule has 1 aromatic rings. The first-order chi connectivity index (χ1) is 8.54. The number of rotatable bonds is 6. The fourth-order valence-corrected chi connectivity index (χ4v) is 2.03. The number of amides is 1. The average Bonchev–Trinajstić information content (AvgIpc) is 2.37.